The molecule has 0 aromatic carbocycles. The molecule has 0 aliphatic heterocycles. The summed E-state index contributed by atoms with van der Waals surface area (Å²) in [5, 5.41) is 2.05. The van der Waals surface area contributed by atoms with E-state index in [1.54, 1.807) is 20.8 Å². The summed E-state index contributed by atoms with van der Waals surface area (Å²) in [7, 11) is 0.984. The standard InChI is InChI=1S/C18H21F3N2O5/c1-6-7-8-12(24)13-10(18(19,20)21)9-11(14(23-13)15(25)27-5)22-16(26)28-17(2,3)4/h6,9H,1,7-8H2,2-5H3,(H,22,26). The summed E-state index contributed by atoms with van der Waals surface area (Å²) < 4.78 is 49.9. The predicted octanol–water partition coefficient (Wildman–Crippen LogP) is 4.38. The highest BCUT2D eigenvalue weighted by Gasteiger charge is 2.38. The number of hydrogen-bond acceptors (Lipinski definition) is 6. The van der Waals surface area contributed by atoms with Crippen LogP contribution in [0, 0.1) is 0 Å². The number of pyridine rings is 1. The Morgan fingerprint density at radius 3 is 2.29 bits per heavy atom. The molecule has 28 heavy (non-hydrogen) atoms. The number of carbonyl (C=O) groups excluding carboxylic acids is 3. The van der Waals surface area contributed by atoms with E-state index in [-0.39, 0.29) is 12.8 Å². The molecule has 0 fully saturated rings. The predicted molar refractivity (Wildman–Crippen MR) is 94.2 cm³/mol. The summed E-state index contributed by atoms with van der Waals surface area (Å²) in [5.41, 5.74) is -4.50. The van der Waals surface area contributed by atoms with Crippen molar-refractivity contribution in [1.29, 1.82) is 0 Å². The maximum atomic E-state index is 13.5. The second-order valence-electron chi connectivity index (χ2n) is 6.65. The minimum Gasteiger partial charge on any atom is -0.464 e. The van der Waals surface area contributed by atoms with Crippen LogP contribution >= 0.6 is 0 Å². The Morgan fingerprint density at radius 1 is 1.21 bits per heavy atom. The van der Waals surface area contributed by atoms with Crippen molar-refractivity contribution in [2.75, 3.05) is 12.4 Å². The van der Waals surface area contributed by atoms with Gasteiger partial charge in [-0.15, -0.1) is 6.58 Å². The van der Waals surface area contributed by atoms with E-state index < -0.39 is 52.3 Å². The number of allylic oxidation sites excluding steroid dienone is 1. The Balaban J connectivity index is 3.53. The van der Waals surface area contributed by atoms with Crippen molar-refractivity contribution in [2.45, 2.75) is 45.4 Å². The lowest BCUT2D eigenvalue weighted by Crippen LogP contribution is -2.28. The maximum Gasteiger partial charge on any atom is 0.418 e. The Labute approximate surface area is 159 Å². The van der Waals surface area contributed by atoms with Gasteiger partial charge in [-0.2, -0.15) is 13.2 Å². The van der Waals surface area contributed by atoms with Gasteiger partial charge in [-0.25, -0.2) is 14.6 Å². The Bertz CT molecular complexity index is 783. The van der Waals surface area contributed by atoms with Crippen LogP contribution in [0.15, 0.2) is 18.7 Å². The largest absolute Gasteiger partial charge is 0.464 e. The first-order valence-electron chi connectivity index (χ1n) is 8.14. The number of rotatable bonds is 6. The van der Waals surface area contributed by atoms with Crippen LogP contribution in [-0.4, -0.2) is 35.5 Å². The van der Waals surface area contributed by atoms with E-state index in [1.807, 2.05) is 0 Å². The minimum atomic E-state index is -4.95. The smallest absolute Gasteiger partial charge is 0.418 e. The van der Waals surface area contributed by atoms with Gasteiger partial charge in [0.1, 0.15) is 11.3 Å². The lowest BCUT2D eigenvalue weighted by Gasteiger charge is -2.21. The Hall–Kier alpha value is -2.91. The number of alkyl halides is 3. The fourth-order valence-corrected chi connectivity index (χ4v) is 2.05. The molecule has 1 heterocycles. The van der Waals surface area contributed by atoms with Crippen molar-refractivity contribution in [2.24, 2.45) is 0 Å². The summed E-state index contributed by atoms with van der Waals surface area (Å²) in [5.74, 6) is -2.06. The van der Waals surface area contributed by atoms with Crippen molar-refractivity contribution in [3.05, 3.63) is 35.7 Å². The minimum absolute atomic E-state index is 0.128. The number of Topliss-reactive ketones (excluding diaryl/α,β-unsaturated/α-hetero) is 1. The van der Waals surface area contributed by atoms with Gasteiger partial charge in [0.15, 0.2) is 11.5 Å². The zero-order valence-electron chi connectivity index (χ0n) is 15.9. The SMILES string of the molecule is C=CCCC(=O)c1nc(C(=O)OC)c(NC(=O)OC(C)(C)C)cc1C(F)(F)F. The van der Waals surface area contributed by atoms with Gasteiger partial charge in [-0.1, -0.05) is 6.08 Å². The van der Waals surface area contributed by atoms with E-state index in [4.69, 9.17) is 4.74 Å². The molecule has 7 nitrogen and oxygen atoms in total. The molecule has 0 radical (unpaired) electrons. The third kappa shape index (κ3) is 6.36. The molecule has 0 aliphatic carbocycles. The summed E-state index contributed by atoms with van der Waals surface area (Å²) in [6.45, 7) is 8.05. The van der Waals surface area contributed by atoms with Crippen molar-refractivity contribution in [1.82, 2.24) is 4.98 Å². The number of amides is 1. The molecule has 10 heteroatoms. The van der Waals surface area contributed by atoms with E-state index in [0.717, 1.165) is 7.11 Å². The number of aromatic nitrogens is 1. The lowest BCUT2D eigenvalue weighted by molar-refractivity contribution is -0.138. The number of ketones is 1. The number of ether oxygens (including phenoxy) is 2. The highest BCUT2D eigenvalue weighted by molar-refractivity contribution is 6.02. The van der Waals surface area contributed by atoms with Crippen LogP contribution in [0.25, 0.3) is 0 Å². The number of esters is 1. The number of halogens is 3. The van der Waals surface area contributed by atoms with Crippen LogP contribution in [0.4, 0.5) is 23.7 Å². The molecular formula is C18H21F3N2O5. The van der Waals surface area contributed by atoms with E-state index in [2.05, 4.69) is 21.6 Å². The molecule has 0 saturated heterocycles. The van der Waals surface area contributed by atoms with Crippen molar-refractivity contribution < 1.29 is 37.0 Å². The van der Waals surface area contributed by atoms with Crippen LogP contribution in [0.1, 0.15) is 60.2 Å². The molecule has 0 unspecified atom stereocenters. The van der Waals surface area contributed by atoms with E-state index in [9.17, 15) is 27.6 Å². The van der Waals surface area contributed by atoms with E-state index in [1.165, 1.54) is 6.08 Å². The molecule has 1 amide bonds. The quantitative estimate of drug-likeness (QED) is 0.431. The molecular weight excluding hydrogens is 381 g/mol. The maximum absolute atomic E-state index is 13.5. The Morgan fingerprint density at radius 2 is 1.82 bits per heavy atom. The number of nitrogens with zero attached hydrogens (tertiary/aromatic N) is 1. The monoisotopic (exact) mass is 402 g/mol. The summed E-state index contributed by atoms with van der Waals surface area (Å²) in [6.07, 6.45) is -4.84. The first kappa shape index (κ1) is 23.1. The topological polar surface area (TPSA) is 94.6 Å². The molecule has 1 N–H and O–H groups in total. The number of nitrogens with one attached hydrogen (secondary N) is 1. The highest BCUT2D eigenvalue weighted by atomic mass is 19.4. The number of anilines is 1. The molecule has 0 saturated carbocycles. The van der Waals surface area contributed by atoms with Gasteiger partial charge in [0, 0.05) is 6.42 Å². The van der Waals surface area contributed by atoms with Crippen LogP contribution in [0.3, 0.4) is 0 Å². The number of hydrogen-bond donors (Lipinski definition) is 1. The van der Waals surface area contributed by atoms with Crippen molar-refractivity contribution >= 4 is 23.5 Å². The molecule has 0 spiro atoms. The van der Waals surface area contributed by atoms with Gasteiger partial charge >= 0.3 is 18.2 Å². The highest BCUT2D eigenvalue weighted by Crippen LogP contribution is 2.35. The summed E-state index contributed by atoms with van der Waals surface area (Å²) in [6, 6.07) is 0.463. The molecule has 0 aliphatic rings. The first-order chi connectivity index (χ1) is 12.8. The molecule has 1 aromatic rings. The second kappa shape index (κ2) is 8.85. The zero-order chi connectivity index (χ0) is 21.7. The number of carbonyl (C=O) groups is 3. The third-order valence-electron chi connectivity index (χ3n) is 3.18. The first-order valence-corrected chi connectivity index (χ1v) is 8.14. The molecule has 154 valence electrons. The van der Waals surface area contributed by atoms with Gasteiger partial charge in [-0.3, -0.25) is 10.1 Å². The van der Waals surface area contributed by atoms with Crippen LogP contribution in [0.5, 0.6) is 0 Å². The van der Waals surface area contributed by atoms with Crippen LogP contribution in [0.2, 0.25) is 0 Å². The van der Waals surface area contributed by atoms with E-state index >= 15 is 0 Å². The van der Waals surface area contributed by atoms with Gasteiger partial charge in [-0.05, 0) is 33.3 Å². The average molecular weight is 402 g/mol. The molecule has 1 aromatic heterocycles. The van der Waals surface area contributed by atoms with Gasteiger partial charge in [0.2, 0.25) is 0 Å². The van der Waals surface area contributed by atoms with Crippen molar-refractivity contribution in [3.8, 4) is 0 Å². The lowest BCUT2D eigenvalue weighted by atomic mass is 10.0. The average Bonchev–Trinajstić information content (AvgIpc) is 2.56. The summed E-state index contributed by atoms with van der Waals surface area (Å²) >= 11 is 0. The Kier molecular flexibility index (Phi) is 7.31. The van der Waals surface area contributed by atoms with Crippen LogP contribution in [-0.2, 0) is 15.7 Å². The molecule has 0 atom stereocenters. The zero-order valence-corrected chi connectivity index (χ0v) is 15.9. The molecule has 1 rings (SSSR count). The second-order valence-corrected chi connectivity index (χ2v) is 6.65. The molecule has 0 bridgehead atoms. The van der Waals surface area contributed by atoms with Crippen LogP contribution < -0.4 is 5.32 Å². The van der Waals surface area contributed by atoms with Gasteiger partial charge < -0.3 is 9.47 Å². The number of methoxy groups -OCH3 is 1. The van der Waals surface area contributed by atoms with Gasteiger partial charge in [0.25, 0.3) is 0 Å². The van der Waals surface area contributed by atoms with Gasteiger partial charge in [0.05, 0.1) is 18.4 Å². The van der Waals surface area contributed by atoms with E-state index in [0.29, 0.717) is 6.07 Å². The normalized spacial score (nSPS) is 11.5. The summed E-state index contributed by atoms with van der Waals surface area (Å²) in [4.78, 5) is 39.6. The third-order valence-corrected chi connectivity index (χ3v) is 3.18. The van der Waals surface area contributed by atoms with Crippen molar-refractivity contribution in [3.63, 3.8) is 0 Å². The fraction of sp³-hybridized carbons (Fsp3) is 0.444. The fourth-order valence-electron chi connectivity index (χ4n) is 2.05.